The van der Waals surface area contributed by atoms with Crippen LogP contribution < -0.4 is 15.4 Å². The van der Waals surface area contributed by atoms with Crippen LogP contribution in [0.3, 0.4) is 0 Å². The third-order valence-corrected chi connectivity index (χ3v) is 3.46. The molecule has 10 heteroatoms. The Morgan fingerprint density at radius 3 is 2.92 bits per heavy atom. The molecule has 1 fully saturated rings. The highest BCUT2D eigenvalue weighted by atomic mass is 19.4. The molecule has 1 aromatic rings. The highest BCUT2D eigenvalue weighted by molar-refractivity contribution is 5.88. The van der Waals surface area contributed by atoms with Gasteiger partial charge in [0.05, 0.1) is 7.11 Å². The second kappa shape index (κ2) is 7.37. The Kier molecular flexibility index (Phi) is 5.47. The summed E-state index contributed by atoms with van der Waals surface area (Å²) in [5.74, 6) is -0.382. The molecule has 1 atom stereocenters. The zero-order chi connectivity index (χ0) is 17.7. The van der Waals surface area contributed by atoms with Gasteiger partial charge in [-0.25, -0.2) is 9.78 Å². The van der Waals surface area contributed by atoms with E-state index in [1.165, 1.54) is 13.3 Å². The van der Waals surface area contributed by atoms with Crippen LogP contribution in [0.1, 0.15) is 12.0 Å². The Balaban J connectivity index is 1.84. The SMILES string of the molecule is COc1ncccc1CNC(=O)NC1CCN(CC(F)(F)F)C1=O. The zero-order valence-corrected chi connectivity index (χ0v) is 12.9. The third-order valence-electron chi connectivity index (χ3n) is 3.46. The van der Waals surface area contributed by atoms with E-state index in [0.29, 0.717) is 16.3 Å². The smallest absolute Gasteiger partial charge is 0.406 e. The van der Waals surface area contributed by atoms with Gasteiger partial charge in [0.1, 0.15) is 12.6 Å². The van der Waals surface area contributed by atoms with E-state index in [2.05, 4.69) is 15.6 Å². The molecule has 2 heterocycles. The molecule has 0 aliphatic carbocycles. The summed E-state index contributed by atoms with van der Waals surface area (Å²) in [6.45, 7) is -1.24. The normalized spacial score (nSPS) is 17.8. The van der Waals surface area contributed by atoms with Gasteiger partial charge in [-0.15, -0.1) is 0 Å². The van der Waals surface area contributed by atoms with Gasteiger partial charge in [0.15, 0.2) is 0 Å². The first kappa shape index (κ1) is 17.8. The second-order valence-electron chi connectivity index (χ2n) is 5.22. The quantitative estimate of drug-likeness (QED) is 0.835. The van der Waals surface area contributed by atoms with Crippen LogP contribution in [-0.2, 0) is 11.3 Å². The number of urea groups is 1. The summed E-state index contributed by atoms with van der Waals surface area (Å²) in [7, 11) is 1.44. The van der Waals surface area contributed by atoms with Crippen molar-refractivity contribution in [2.45, 2.75) is 25.2 Å². The van der Waals surface area contributed by atoms with Crippen LogP contribution in [0.2, 0.25) is 0 Å². The van der Waals surface area contributed by atoms with Crippen molar-refractivity contribution < 1.29 is 27.5 Å². The molecule has 1 aliphatic heterocycles. The lowest BCUT2D eigenvalue weighted by Gasteiger charge is -2.18. The van der Waals surface area contributed by atoms with Crippen LogP contribution in [-0.4, -0.2) is 54.2 Å². The van der Waals surface area contributed by atoms with Crippen LogP contribution in [0.25, 0.3) is 0 Å². The molecule has 0 radical (unpaired) electrons. The number of nitrogens with zero attached hydrogens (tertiary/aromatic N) is 2. The molecule has 0 saturated carbocycles. The van der Waals surface area contributed by atoms with Crippen molar-refractivity contribution in [3.8, 4) is 5.88 Å². The largest absolute Gasteiger partial charge is 0.481 e. The van der Waals surface area contributed by atoms with Gasteiger partial charge in [-0.2, -0.15) is 13.2 Å². The topological polar surface area (TPSA) is 83.6 Å². The van der Waals surface area contributed by atoms with Crippen LogP contribution in [0.5, 0.6) is 5.88 Å². The maximum atomic E-state index is 12.3. The van der Waals surface area contributed by atoms with Gasteiger partial charge in [-0.3, -0.25) is 4.79 Å². The molecule has 132 valence electrons. The number of hydrogen-bond acceptors (Lipinski definition) is 4. The molecule has 0 spiro atoms. The summed E-state index contributed by atoms with van der Waals surface area (Å²) < 4.78 is 42.1. The number of pyridine rings is 1. The summed E-state index contributed by atoms with van der Waals surface area (Å²) in [5, 5.41) is 4.90. The first-order valence-corrected chi connectivity index (χ1v) is 7.18. The number of methoxy groups -OCH3 is 1. The summed E-state index contributed by atoms with van der Waals surface area (Å²) in [4.78, 5) is 28.3. The molecular weight excluding hydrogens is 329 g/mol. The molecule has 2 N–H and O–H groups in total. The number of aromatic nitrogens is 1. The fourth-order valence-electron chi connectivity index (χ4n) is 2.37. The number of ether oxygens (including phenoxy) is 1. The van der Waals surface area contributed by atoms with Gasteiger partial charge < -0.3 is 20.3 Å². The molecule has 3 amide bonds. The summed E-state index contributed by atoms with van der Waals surface area (Å²) in [5.41, 5.74) is 0.631. The Hall–Kier alpha value is -2.52. The maximum Gasteiger partial charge on any atom is 0.406 e. The van der Waals surface area contributed by atoms with Crippen LogP contribution in [0, 0.1) is 0 Å². The molecular formula is C14H17F3N4O3. The van der Waals surface area contributed by atoms with E-state index in [0.717, 1.165) is 0 Å². The summed E-state index contributed by atoms with van der Waals surface area (Å²) in [6, 6.07) is 1.78. The minimum absolute atomic E-state index is 0.0419. The van der Waals surface area contributed by atoms with Crippen molar-refractivity contribution in [2.75, 3.05) is 20.2 Å². The first-order valence-electron chi connectivity index (χ1n) is 7.18. The zero-order valence-electron chi connectivity index (χ0n) is 12.9. The number of carbonyl (C=O) groups is 2. The predicted molar refractivity (Wildman–Crippen MR) is 77.2 cm³/mol. The van der Waals surface area contributed by atoms with Gasteiger partial charge in [0.2, 0.25) is 11.8 Å². The van der Waals surface area contributed by atoms with E-state index < -0.39 is 30.7 Å². The van der Waals surface area contributed by atoms with Crippen molar-refractivity contribution in [2.24, 2.45) is 0 Å². The number of likely N-dealkylation sites (tertiary alicyclic amines) is 1. The van der Waals surface area contributed by atoms with Crippen LogP contribution >= 0.6 is 0 Å². The van der Waals surface area contributed by atoms with Gasteiger partial charge in [0, 0.05) is 24.8 Å². The molecule has 1 aliphatic rings. The molecule has 0 bridgehead atoms. The number of hydrogen-bond donors (Lipinski definition) is 2. The lowest BCUT2D eigenvalue weighted by Crippen LogP contribution is -2.47. The maximum absolute atomic E-state index is 12.3. The fourth-order valence-corrected chi connectivity index (χ4v) is 2.37. The second-order valence-corrected chi connectivity index (χ2v) is 5.22. The van der Waals surface area contributed by atoms with E-state index in [-0.39, 0.29) is 19.5 Å². The lowest BCUT2D eigenvalue weighted by molar-refractivity contribution is -0.157. The van der Waals surface area contributed by atoms with Crippen LogP contribution in [0.15, 0.2) is 18.3 Å². The van der Waals surface area contributed by atoms with Gasteiger partial charge >= 0.3 is 12.2 Å². The van der Waals surface area contributed by atoms with E-state index in [4.69, 9.17) is 4.74 Å². The first-order chi connectivity index (χ1) is 11.3. The Morgan fingerprint density at radius 1 is 1.50 bits per heavy atom. The Bertz CT molecular complexity index is 609. The third kappa shape index (κ3) is 4.74. The number of nitrogens with one attached hydrogen (secondary N) is 2. The molecule has 2 rings (SSSR count). The van der Waals surface area contributed by atoms with E-state index in [9.17, 15) is 22.8 Å². The van der Waals surface area contributed by atoms with Crippen molar-refractivity contribution in [1.29, 1.82) is 0 Å². The van der Waals surface area contributed by atoms with Gasteiger partial charge in [-0.1, -0.05) is 6.07 Å². The molecule has 1 unspecified atom stereocenters. The average Bonchev–Trinajstić information content (AvgIpc) is 2.84. The molecule has 1 aromatic heterocycles. The van der Waals surface area contributed by atoms with E-state index >= 15 is 0 Å². The highest BCUT2D eigenvalue weighted by Crippen LogP contribution is 2.21. The minimum atomic E-state index is -4.45. The number of alkyl halides is 3. The molecule has 1 saturated heterocycles. The van der Waals surface area contributed by atoms with Crippen molar-refractivity contribution >= 4 is 11.9 Å². The number of halogens is 3. The molecule has 0 aromatic carbocycles. The molecule has 24 heavy (non-hydrogen) atoms. The van der Waals surface area contributed by atoms with Gasteiger partial charge in [0.25, 0.3) is 0 Å². The highest BCUT2D eigenvalue weighted by Gasteiger charge is 2.39. The summed E-state index contributed by atoms with van der Waals surface area (Å²) >= 11 is 0. The predicted octanol–water partition coefficient (Wildman–Crippen LogP) is 1.05. The van der Waals surface area contributed by atoms with Crippen molar-refractivity contribution in [3.05, 3.63) is 23.9 Å². The molecule has 7 nitrogen and oxygen atoms in total. The Labute approximate surface area is 136 Å². The lowest BCUT2D eigenvalue weighted by atomic mass is 10.2. The number of carbonyl (C=O) groups excluding carboxylic acids is 2. The van der Waals surface area contributed by atoms with E-state index in [1.54, 1.807) is 12.1 Å². The van der Waals surface area contributed by atoms with Crippen LogP contribution in [0.4, 0.5) is 18.0 Å². The minimum Gasteiger partial charge on any atom is -0.481 e. The average molecular weight is 346 g/mol. The Morgan fingerprint density at radius 2 is 2.25 bits per heavy atom. The number of amides is 3. The number of rotatable bonds is 5. The van der Waals surface area contributed by atoms with E-state index in [1.807, 2.05) is 0 Å². The van der Waals surface area contributed by atoms with Crippen molar-refractivity contribution in [1.82, 2.24) is 20.5 Å². The summed E-state index contributed by atoms with van der Waals surface area (Å²) in [6.07, 6.45) is -2.78. The van der Waals surface area contributed by atoms with Crippen molar-refractivity contribution in [3.63, 3.8) is 0 Å². The fraction of sp³-hybridized carbons (Fsp3) is 0.500. The monoisotopic (exact) mass is 346 g/mol. The standard InChI is InChI=1S/C14H17F3N4O3/c1-24-11-9(3-2-5-18-11)7-19-13(23)20-10-4-6-21(12(10)22)8-14(15,16)17/h2-3,5,10H,4,6-8H2,1H3,(H2,19,20,23). The van der Waals surface area contributed by atoms with Gasteiger partial charge in [-0.05, 0) is 12.5 Å².